The van der Waals surface area contributed by atoms with Crippen molar-refractivity contribution in [1.82, 2.24) is 10.3 Å². The van der Waals surface area contributed by atoms with Crippen molar-refractivity contribution in [2.45, 2.75) is 38.8 Å². The van der Waals surface area contributed by atoms with E-state index in [2.05, 4.69) is 17.2 Å². The van der Waals surface area contributed by atoms with Crippen LogP contribution in [0.1, 0.15) is 48.7 Å². The van der Waals surface area contributed by atoms with Gasteiger partial charge >= 0.3 is 5.97 Å². The van der Waals surface area contributed by atoms with Gasteiger partial charge in [0.1, 0.15) is 0 Å². The van der Waals surface area contributed by atoms with Crippen LogP contribution < -0.4 is 10.1 Å². The van der Waals surface area contributed by atoms with Crippen LogP contribution in [0.25, 0.3) is 0 Å². The number of benzene rings is 1. The van der Waals surface area contributed by atoms with Crippen LogP contribution in [0, 0.1) is 0 Å². The van der Waals surface area contributed by atoms with Crippen LogP contribution in [0.5, 0.6) is 5.88 Å². The lowest BCUT2D eigenvalue weighted by molar-refractivity contribution is -0.129. The highest BCUT2D eigenvalue weighted by Gasteiger charge is 2.22. The third-order valence-electron chi connectivity index (χ3n) is 3.93. The number of amides is 1. The molecular weight excluding hydrogens is 332 g/mol. The average molecular weight is 356 g/mol. The van der Waals surface area contributed by atoms with E-state index in [0.29, 0.717) is 5.88 Å². The molecule has 1 aromatic heterocycles. The van der Waals surface area contributed by atoms with E-state index in [1.165, 1.54) is 13.3 Å². The van der Waals surface area contributed by atoms with Gasteiger partial charge in [-0.1, -0.05) is 43.7 Å². The first kappa shape index (κ1) is 19.4. The van der Waals surface area contributed by atoms with Crippen LogP contribution in [-0.4, -0.2) is 30.1 Å². The number of hydrogen-bond acceptors (Lipinski definition) is 5. The lowest BCUT2D eigenvalue weighted by Crippen LogP contribution is -2.38. The summed E-state index contributed by atoms with van der Waals surface area (Å²) in [6, 6.07) is 12.7. The molecule has 6 heteroatoms. The summed E-state index contributed by atoms with van der Waals surface area (Å²) >= 11 is 0. The standard InChI is InChI=1S/C20H24N2O4/c1-4-8-17(15-9-6-5-7-10-15)22-19(23)14(2)26-20(24)16-11-12-18(25-3)21-13-16/h5-7,9-14,17H,4,8H2,1-3H3,(H,22,23)/t14-,17-/m1/s1. The molecule has 0 aliphatic carbocycles. The van der Waals surface area contributed by atoms with Gasteiger partial charge in [0.15, 0.2) is 6.10 Å². The van der Waals surface area contributed by atoms with Crippen LogP contribution in [-0.2, 0) is 9.53 Å². The Balaban J connectivity index is 1.97. The molecule has 0 saturated heterocycles. The number of aromatic nitrogens is 1. The zero-order valence-electron chi connectivity index (χ0n) is 15.3. The molecule has 1 amide bonds. The number of nitrogens with zero attached hydrogens (tertiary/aromatic N) is 1. The van der Waals surface area contributed by atoms with Crippen molar-refractivity contribution >= 4 is 11.9 Å². The molecule has 0 bridgehead atoms. The van der Waals surface area contributed by atoms with E-state index in [1.807, 2.05) is 30.3 Å². The fraction of sp³-hybridized carbons (Fsp3) is 0.350. The van der Waals surface area contributed by atoms with E-state index in [4.69, 9.17) is 9.47 Å². The Kier molecular flexibility index (Phi) is 7.14. The molecule has 2 atom stereocenters. The maximum absolute atomic E-state index is 12.4. The summed E-state index contributed by atoms with van der Waals surface area (Å²) in [6.45, 7) is 3.61. The smallest absolute Gasteiger partial charge is 0.340 e. The zero-order chi connectivity index (χ0) is 18.9. The van der Waals surface area contributed by atoms with E-state index in [0.717, 1.165) is 18.4 Å². The number of ether oxygens (including phenoxy) is 2. The number of hydrogen-bond donors (Lipinski definition) is 1. The maximum atomic E-state index is 12.4. The molecule has 0 spiro atoms. The molecule has 0 aliphatic heterocycles. The van der Waals surface area contributed by atoms with Crippen LogP contribution in [0.15, 0.2) is 48.7 Å². The highest BCUT2D eigenvalue weighted by atomic mass is 16.5. The van der Waals surface area contributed by atoms with Crippen molar-refractivity contribution in [3.05, 3.63) is 59.8 Å². The molecule has 1 aromatic carbocycles. The first-order chi connectivity index (χ1) is 12.5. The summed E-state index contributed by atoms with van der Waals surface area (Å²) in [5, 5.41) is 2.96. The predicted molar refractivity (Wildman–Crippen MR) is 97.9 cm³/mol. The van der Waals surface area contributed by atoms with Gasteiger partial charge in [0.2, 0.25) is 5.88 Å². The van der Waals surface area contributed by atoms with Gasteiger partial charge < -0.3 is 14.8 Å². The number of carbonyl (C=O) groups is 2. The molecule has 1 N–H and O–H groups in total. The van der Waals surface area contributed by atoms with Crippen LogP contribution in [0.2, 0.25) is 0 Å². The molecule has 0 saturated carbocycles. The Morgan fingerprint density at radius 2 is 1.88 bits per heavy atom. The fourth-order valence-electron chi connectivity index (χ4n) is 2.49. The first-order valence-corrected chi connectivity index (χ1v) is 8.61. The molecule has 138 valence electrons. The quantitative estimate of drug-likeness (QED) is 0.735. The minimum absolute atomic E-state index is 0.113. The van der Waals surface area contributed by atoms with Gasteiger partial charge in [0, 0.05) is 12.3 Å². The largest absolute Gasteiger partial charge is 0.481 e. The molecule has 0 radical (unpaired) electrons. The summed E-state index contributed by atoms with van der Waals surface area (Å²) in [6.07, 6.45) is 2.17. The van der Waals surface area contributed by atoms with Crippen LogP contribution in [0.3, 0.4) is 0 Å². The SMILES string of the molecule is CCC[C@@H](NC(=O)[C@@H](C)OC(=O)c1ccc(OC)nc1)c1ccccc1. The van der Waals surface area contributed by atoms with Crippen LogP contribution in [0.4, 0.5) is 0 Å². The molecule has 0 unspecified atom stereocenters. The van der Waals surface area contributed by atoms with Gasteiger partial charge in [-0.15, -0.1) is 0 Å². The zero-order valence-corrected chi connectivity index (χ0v) is 15.3. The van der Waals surface area contributed by atoms with E-state index in [1.54, 1.807) is 19.1 Å². The Labute approximate surface area is 153 Å². The van der Waals surface area contributed by atoms with Gasteiger partial charge in [0.25, 0.3) is 5.91 Å². The molecule has 2 aromatic rings. The minimum atomic E-state index is -0.910. The number of carbonyl (C=O) groups excluding carboxylic acids is 2. The van der Waals surface area contributed by atoms with E-state index in [9.17, 15) is 9.59 Å². The Morgan fingerprint density at radius 1 is 1.15 bits per heavy atom. The van der Waals surface area contributed by atoms with Crippen molar-refractivity contribution in [1.29, 1.82) is 0 Å². The molecule has 0 aliphatic rings. The van der Waals surface area contributed by atoms with Crippen molar-refractivity contribution < 1.29 is 19.1 Å². The molecule has 6 nitrogen and oxygen atoms in total. The van der Waals surface area contributed by atoms with Gasteiger partial charge in [-0.05, 0) is 25.0 Å². The summed E-state index contributed by atoms with van der Waals surface area (Å²) < 4.78 is 10.2. The minimum Gasteiger partial charge on any atom is -0.481 e. The summed E-state index contributed by atoms with van der Waals surface area (Å²) in [7, 11) is 1.49. The Morgan fingerprint density at radius 3 is 2.46 bits per heavy atom. The molecular formula is C20H24N2O4. The van der Waals surface area contributed by atoms with Gasteiger partial charge in [-0.25, -0.2) is 9.78 Å². The Bertz CT molecular complexity index is 716. The lowest BCUT2D eigenvalue weighted by atomic mass is 10.0. The second-order valence-electron chi connectivity index (χ2n) is 5.90. The topological polar surface area (TPSA) is 77.5 Å². The summed E-state index contributed by atoms with van der Waals surface area (Å²) in [4.78, 5) is 28.6. The van der Waals surface area contributed by atoms with Gasteiger partial charge in [0.05, 0.1) is 18.7 Å². The Hall–Kier alpha value is -2.89. The number of pyridine rings is 1. The third kappa shape index (κ3) is 5.31. The first-order valence-electron chi connectivity index (χ1n) is 8.61. The highest BCUT2D eigenvalue weighted by molar-refractivity contribution is 5.92. The van der Waals surface area contributed by atoms with Crippen molar-refractivity contribution in [2.75, 3.05) is 7.11 Å². The molecule has 1 heterocycles. The number of nitrogens with one attached hydrogen (secondary N) is 1. The summed E-state index contributed by atoms with van der Waals surface area (Å²) in [5.41, 5.74) is 1.29. The van der Waals surface area contributed by atoms with Gasteiger partial charge in [-0.3, -0.25) is 4.79 Å². The normalized spacial score (nSPS) is 12.7. The predicted octanol–water partition coefficient (Wildman–Crippen LogP) is 3.29. The number of esters is 1. The van der Waals surface area contributed by atoms with E-state index in [-0.39, 0.29) is 17.5 Å². The lowest BCUT2D eigenvalue weighted by Gasteiger charge is -2.21. The molecule has 2 rings (SSSR count). The van der Waals surface area contributed by atoms with E-state index >= 15 is 0 Å². The maximum Gasteiger partial charge on any atom is 0.340 e. The van der Waals surface area contributed by atoms with Crippen molar-refractivity contribution in [2.24, 2.45) is 0 Å². The summed E-state index contributed by atoms with van der Waals surface area (Å²) in [5.74, 6) is -0.533. The van der Waals surface area contributed by atoms with Crippen molar-refractivity contribution in [3.8, 4) is 5.88 Å². The second-order valence-corrected chi connectivity index (χ2v) is 5.90. The number of rotatable bonds is 8. The fourth-order valence-corrected chi connectivity index (χ4v) is 2.49. The van der Waals surface area contributed by atoms with E-state index < -0.39 is 12.1 Å². The second kappa shape index (κ2) is 9.56. The van der Waals surface area contributed by atoms with Crippen LogP contribution >= 0.6 is 0 Å². The molecule has 26 heavy (non-hydrogen) atoms. The number of methoxy groups -OCH3 is 1. The highest BCUT2D eigenvalue weighted by Crippen LogP contribution is 2.18. The average Bonchev–Trinajstić information content (AvgIpc) is 2.68. The molecule has 0 fully saturated rings. The monoisotopic (exact) mass is 356 g/mol. The third-order valence-corrected chi connectivity index (χ3v) is 3.93. The van der Waals surface area contributed by atoms with Crippen molar-refractivity contribution in [3.63, 3.8) is 0 Å². The van der Waals surface area contributed by atoms with Gasteiger partial charge in [-0.2, -0.15) is 0 Å².